The van der Waals surface area contributed by atoms with Gasteiger partial charge in [0.2, 0.25) is 0 Å². The highest BCUT2D eigenvalue weighted by molar-refractivity contribution is 6.30. The van der Waals surface area contributed by atoms with E-state index in [9.17, 15) is 9.59 Å². The first kappa shape index (κ1) is 20.9. The summed E-state index contributed by atoms with van der Waals surface area (Å²) < 4.78 is 0. The molecule has 0 bridgehead atoms. The topological polar surface area (TPSA) is 88.1 Å². The van der Waals surface area contributed by atoms with Crippen molar-refractivity contribution in [2.75, 3.05) is 11.9 Å². The van der Waals surface area contributed by atoms with Crippen molar-refractivity contribution < 1.29 is 9.59 Å². The largest absolute Gasteiger partial charge is 0.327 e. The van der Waals surface area contributed by atoms with Gasteiger partial charge < -0.3 is 10.2 Å². The standard InChI is InChI=1S/C23H22ClN5O2/c1-15-18(22(30)28-17-10-8-16(24)9-11-17)14-26-21(27-15)20-7-3-5-13-29(20)23(31)19-6-2-4-12-25-19/h2,4,6,8-12,14,20H,3,5,7,13H2,1H3,(H,28,30)/t20-/m0/s1. The van der Waals surface area contributed by atoms with E-state index in [0.29, 0.717) is 40.0 Å². The molecule has 3 aromatic rings. The van der Waals surface area contributed by atoms with Gasteiger partial charge in [-0.05, 0) is 62.6 Å². The number of benzene rings is 1. The molecule has 0 aliphatic carbocycles. The van der Waals surface area contributed by atoms with E-state index in [1.54, 1.807) is 60.5 Å². The fraction of sp³-hybridized carbons (Fsp3) is 0.261. The van der Waals surface area contributed by atoms with Gasteiger partial charge in [0.15, 0.2) is 5.82 Å². The molecule has 0 unspecified atom stereocenters. The monoisotopic (exact) mass is 435 g/mol. The Balaban J connectivity index is 1.55. The molecule has 1 aromatic carbocycles. The van der Waals surface area contributed by atoms with Crippen molar-refractivity contribution in [3.63, 3.8) is 0 Å². The minimum absolute atomic E-state index is 0.129. The van der Waals surface area contributed by atoms with Crippen molar-refractivity contribution in [2.24, 2.45) is 0 Å². The van der Waals surface area contributed by atoms with E-state index in [-0.39, 0.29) is 17.9 Å². The summed E-state index contributed by atoms with van der Waals surface area (Å²) >= 11 is 5.89. The van der Waals surface area contributed by atoms with E-state index < -0.39 is 0 Å². The number of rotatable bonds is 4. The van der Waals surface area contributed by atoms with E-state index in [1.807, 2.05) is 0 Å². The van der Waals surface area contributed by atoms with Gasteiger partial charge in [0, 0.05) is 29.6 Å². The molecule has 2 aromatic heterocycles. The molecular formula is C23H22ClN5O2. The van der Waals surface area contributed by atoms with Gasteiger partial charge in [0.25, 0.3) is 11.8 Å². The maximum atomic E-state index is 13.0. The number of pyridine rings is 1. The Hall–Kier alpha value is -3.32. The molecule has 0 spiro atoms. The Bertz CT molecular complexity index is 1090. The third-order valence-electron chi connectivity index (χ3n) is 5.29. The van der Waals surface area contributed by atoms with Gasteiger partial charge in [-0.15, -0.1) is 0 Å². The van der Waals surface area contributed by atoms with E-state index in [4.69, 9.17) is 11.6 Å². The van der Waals surface area contributed by atoms with Gasteiger partial charge in [-0.25, -0.2) is 9.97 Å². The number of nitrogens with zero attached hydrogens (tertiary/aromatic N) is 4. The summed E-state index contributed by atoms with van der Waals surface area (Å²) in [5.74, 6) is 0.122. The van der Waals surface area contributed by atoms with Crippen molar-refractivity contribution in [1.29, 1.82) is 0 Å². The Morgan fingerprint density at radius 3 is 2.61 bits per heavy atom. The Labute approximate surface area is 185 Å². The molecule has 1 aliphatic rings. The predicted molar refractivity (Wildman–Crippen MR) is 118 cm³/mol. The Kier molecular flexibility index (Phi) is 6.23. The fourth-order valence-corrected chi connectivity index (χ4v) is 3.81. The lowest BCUT2D eigenvalue weighted by Gasteiger charge is -2.34. The van der Waals surface area contributed by atoms with Crippen LogP contribution in [0.4, 0.5) is 5.69 Å². The van der Waals surface area contributed by atoms with Gasteiger partial charge in [0.1, 0.15) is 5.69 Å². The Morgan fingerprint density at radius 2 is 1.90 bits per heavy atom. The normalized spacial score (nSPS) is 16.1. The highest BCUT2D eigenvalue weighted by atomic mass is 35.5. The summed E-state index contributed by atoms with van der Waals surface area (Å²) in [6.07, 6.45) is 5.82. The van der Waals surface area contributed by atoms with Crippen LogP contribution in [0.1, 0.15) is 57.7 Å². The summed E-state index contributed by atoms with van der Waals surface area (Å²) in [5, 5.41) is 3.42. The zero-order valence-electron chi connectivity index (χ0n) is 17.1. The maximum Gasteiger partial charge on any atom is 0.273 e. The minimum Gasteiger partial charge on any atom is -0.327 e. The first-order chi connectivity index (χ1) is 15.0. The molecule has 1 saturated heterocycles. The lowest BCUT2D eigenvalue weighted by molar-refractivity contribution is 0.0593. The van der Waals surface area contributed by atoms with Crippen LogP contribution in [0.5, 0.6) is 0 Å². The SMILES string of the molecule is Cc1nc([C@@H]2CCCCN2C(=O)c2ccccn2)ncc1C(=O)Nc1ccc(Cl)cc1. The summed E-state index contributed by atoms with van der Waals surface area (Å²) in [4.78, 5) is 40.7. The number of piperidine rings is 1. The van der Waals surface area contributed by atoms with Crippen LogP contribution >= 0.6 is 11.6 Å². The molecule has 158 valence electrons. The molecule has 2 amide bonds. The molecule has 1 N–H and O–H groups in total. The predicted octanol–water partition coefficient (Wildman–Crippen LogP) is 4.45. The number of nitrogens with one attached hydrogen (secondary N) is 1. The van der Waals surface area contributed by atoms with Crippen LogP contribution < -0.4 is 5.32 Å². The maximum absolute atomic E-state index is 13.0. The van der Waals surface area contributed by atoms with E-state index in [0.717, 1.165) is 19.3 Å². The summed E-state index contributed by atoms with van der Waals surface area (Å²) in [6.45, 7) is 2.40. The van der Waals surface area contributed by atoms with Gasteiger partial charge in [0.05, 0.1) is 17.3 Å². The summed E-state index contributed by atoms with van der Waals surface area (Å²) in [6, 6.07) is 11.9. The molecule has 0 radical (unpaired) electrons. The fourth-order valence-electron chi connectivity index (χ4n) is 3.68. The van der Waals surface area contributed by atoms with Gasteiger partial charge >= 0.3 is 0 Å². The second-order valence-electron chi connectivity index (χ2n) is 7.41. The van der Waals surface area contributed by atoms with Crippen LogP contribution in [0, 0.1) is 6.92 Å². The van der Waals surface area contributed by atoms with Gasteiger partial charge in [-0.3, -0.25) is 14.6 Å². The minimum atomic E-state index is -0.295. The molecule has 1 atom stereocenters. The second kappa shape index (κ2) is 9.22. The number of carbonyl (C=O) groups excluding carboxylic acids is 2. The van der Waals surface area contributed by atoms with Gasteiger partial charge in [-0.1, -0.05) is 17.7 Å². The number of amides is 2. The molecule has 1 aliphatic heterocycles. The van der Waals surface area contributed by atoms with Crippen LogP contribution in [0.2, 0.25) is 5.02 Å². The number of likely N-dealkylation sites (tertiary alicyclic amines) is 1. The molecule has 1 fully saturated rings. The zero-order chi connectivity index (χ0) is 21.8. The third kappa shape index (κ3) is 4.72. The number of aromatic nitrogens is 3. The molecule has 7 nitrogen and oxygen atoms in total. The van der Waals surface area contributed by atoms with Crippen molar-refractivity contribution in [1.82, 2.24) is 19.9 Å². The van der Waals surface area contributed by atoms with Crippen molar-refractivity contribution >= 4 is 29.1 Å². The van der Waals surface area contributed by atoms with Crippen molar-refractivity contribution in [3.8, 4) is 0 Å². The van der Waals surface area contributed by atoms with E-state index in [2.05, 4.69) is 20.3 Å². The second-order valence-corrected chi connectivity index (χ2v) is 7.85. The number of hydrogen-bond donors (Lipinski definition) is 1. The van der Waals surface area contributed by atoms with Crippen LogP contribution in [0.25, 0.3) is 0 Å². The number of halogens is 1. The Morgan fingerprint density at radius 1 is 1.10 bits per heavy atom. The van der Waals surface area contributed by atoms with Crippen LogP contribution in [0.3, 0.4) is 0 Å². The van der Waals surface area contributed by atoms with E-state index >= 15 is 0 Å². The number of hydrogen-bond acceptors (Lipinski definition) is 5. The summed E-state index contributed by atoms with van der Waals surface area (Å²) in [7, 11) is 0. The number of carbonyl (C=O) groups is 2. The highest BCUT2D eigenvalue weighted by Crippen LogP contribution is 2.30. The quantitative estimate of drug-likeness (QED) is 0.653. The molecular weight excluding hydrogens is 414 g/mol. The smallest absolute Gasteiger partial charge is 0.273 e. The van der Waals surface area contributed by atoms with Crippen LogP contribution in [0.15, 0.2) is 54.9 Å². The molecule has 8 heteroatoms. The summed E-state index contributed by atoms with van der Waals surface area (Å²) in [5.41, 5.74) is 1.99. The zero-order valence-corrected chi connectivity index (χ0v) is 17.8. The first-order valence-electron chi connectivity index (χ1n) is 10.2. The number of anilines is 1. The lowest BCUT2D eigenvalue weighted by atomic mass is 10.0. The van der Waals surface area contributed by atoms with Crippen LogP contribution in [-0.2, 0) is 0 Å². The highest BCUT2D eigenvalue weighted by Gasteiger charge is 2.31. The van der Waals surface area contributed by atoms with E-state index in [1.165, 1.54) is 6.20 Å². The third-order valence-corrected chi connectivity index (χ3v) is 5.54. The average molecular weight is 436 g/mol. The first-order valence-corrected chi connectivity index (χ1v) is 10.5. The van der Waals surface area contributed by atoms with Gasteiger partial charge in [-0.2, -0.15) is 0 Å². The number of aryl methyl sites for hydroxylation is 1. The van der Waals surface area contributed by atoms with Crippen LogP contribution in [-0.4, -0.2) is 38.2 Å². The molecule has 4 rings (SSSR count). The molecule has 0 saturated carbocycles. The molecule has 3 heterocycles. The lowest BCUT2D eigenvalue weighted by Crippen LogP contribution is -2.39. The average Bonchev–Trinajstić information content (AvgIpc) is 2.80. The molecule has 31 heavy (non-hydrogen) atoms. The van der Waals surface area contributed by atoms with Crippen molar-refractivity contribution in [3.05, 3.63) is 82.7 Å². The van der Waals surface area contributed by atoms with Crippen molar-refractivity contribution in [2.45, 2.75) is 32.2 Å².